The second-order valence-corrected chi connectivity index (χ2v) is 5.28. The van der Waals surface area contributed by atoms with Crippen molar-refractivity contribution >= 4 is 17.3 Å². The highest BCUT2D eigenvalue weighted by molar-refractivity contribution is 6.00. The lowest BCUT2D eigenvalue weighted by molar-refractivity contribution is -0.125. The lowest BCUT2D eigenvalue weighted by Gasteiger charge is -2.33. The number of ether oxygens (including phenoxy) is 1. The lowest BCUT2D eigenvalue weighted by Crippen LogP contribution is -2.44. The molecule has 2 N–H and O–H groups in total. The van der Waals surface area contributed by atoms with Crippen molar-refractivity contribution in [3.63, 3.8) is 0 Å². The van der Waals surface area contributed by atoms with Crippen molar-refractivity contribution in [2.75, 3.05) is 10.6 Å². The first-order valence-corrected chi connectivity index (χ1v) is 7.07. The number of carbonyl (C=O) groups excluding carboxylic acids is 1. The van der Waals surface area contributed by atoms with E-state index < -0.39 is 11.9 Å². The van der Waals surface area contributed by atoms with E-state index in [1.54, 1.807) is 6.92 Å². The van der Waals surface area contributed by atoms with Gasteiger partial charge in [0.05, 0.1) is 23.5 Å². The van der Waals surface area contributed by atoms with E-state index in [1.807, 2.05) is 36.4 Å². The van der Waals surface area contributed by atoms with Crippen LogP contribution in [0, 0.1) is 17.1 Å². The first-order chi connectivity index (χ1) is 11.0. The van der Waals surface area contributed by atoms with Crippen molar-refractivity contribution in [1.82, 2.24) is 0 Å². The molecule has 1 atom stereocenters. The van der Waals surface area contributed by atoms with E-state index in [2.05, 4.69) is 0 Å². The normalized spacial score (nSPS) is 16.5. The molecule has 116 valence electrons. The average Bonchev–Trinajstić information content (AvgIpc) is 2.57. The zero-order valence-electron chi connectivity index (χ0n) is 12.4. The van der Waals surface area contributed by atoms with Crippen molar-refractivity contribution in [3.05, 3.63) is 53.3 Å². The summed E-state index contributed by atoms with van der Waals surface area (Å²) < 4.78 is 19.8. The number of hydrogen-bond donors (Lipinski definition) is 1. The van der Waals surface area contributed by atoms with Gasteiger partial charge in [0, 0.05) is 0 Å². The van der Waals surface area contributed by atoms with E-state index >= 15 is 0 Å². The van der Waals surface area contributed by atoms with Gasteiger partial charge in [-0.1, -0.05) is 30.3 Å². The van der Waals surface area contributed by atoms with Crippen LogP contribution >= 0.6 is 0 Å². The van der Waals surface area contributed by atoms with Crippen LogP contribution < -0.4 is 15.4 Å². The van der Waals surface area contributed by atoms with E-state index in [1.165, 1.54) is 11.0 Å². The third-order valence-corrected chi connectivity index (χ3v) is 3.74. The van der Waals surface area contributed by atoms with E-state index in [4.69, 9.17) is 15.7 Å². The van der Waals surface area contributed by atoms with Gasteiger partial charge in [-0.3, -0.25) is 4.79 Å². The molecule has 0 fully saturated rings. The van der Waals surface area contributed by atoms with Crippen molar-refractivity contribution < 1.29 is 13.9 Å². The van der Waals surface area contributed by atoms with Crippen LogP contribution in [0.1, 0.15) is 18.1 Å². The maximum atomic E-state index is 14.4. The zero-order chi connectivity index (χ0) is 16.6. The fraction of sp³-hybridized carbons (Fsp3) is 0.176. The number of hydrogen-bond acceptors (Lipinski definition) is 4. The van der Waals surface area contributed by atoms with Crippen molar-refractivity contribution in [2.45, 2.75) is 19.6 Å². The number of benzene rings is 2. The van der Waals surface area contributed by atoms with Gasteiger partial charge < -0.3 is 15.4 Å². The Morgan fingerprint density at radius 3 is 2.74 bits per heavy atom. The summed E-state index contributed by atoms with van der Waals surface area (Å²) in [4.78, 5) is 13.9. The van der Waals surface area contributed by atoms with E-state index in [-0.39, 0.29) is 35.1 Å². The SMILES string of the molecule is C[C@H]1Oc2c(cc(C#N)c(N)c2F)N(Cc2ccccc2)C1=O. The fourth-order valence-corrected chi connectivity index (χ4v) is 2.53. The third kappa shape index (κ3) is 2.46. The minimum Gasteiger partial charge on any atom is -0.476 e. The number of nitrogen functional groups attached to an aromatic ring is 1. The van der Waals surface area contributed by atoms with Crippen molar-refractivity contribution in [2.24, 2.45) is 0 Å². The highest BCUT2D eigenvalue weighted by Gasteiger charge is 2.35. The van der Waals surface area contributed by atoms with Crippen LogP contribution in [-0.4, -0.2) is 12.0 Å². The standard InChI is InChI=1S/C17H14FN3O2/c1-10-17(22)21(9-11-5-3-2-4-6-11)13-7-12(8-19)15(20)14(18)16(13)23-10/h2-7,10H,9,20H2,1H3/t10-/m1/s1. The third-order valence-electron chi connectivity index (χ3n) is 3.74. The number of nitriles is 1. The van der Waals surface area contributed by atoms with Gasteiger partial charge in [0.15, 0.2) is 17.7 Å². The Kier molecular flexibility index (Phi) is 3.62. The van der Waals surface area contributed by atoms with Gasteiger partial charge in [-0.2, -0.15) is 5.26 Å². The summed E-state index contributed by atoms with van der Waals surface area (Å²) in [5.41, 5.74) is 6.43. The van der Waals surface area contributed by atoms with Crippen LogP contribution in [-0.2, 0) is 11.3 Å². The number of nitrogens with two attached hydrogens (primary N) is 1. The Balaban J connectivity index is 2.13. The maximum absolute atomic E-state index is 14.4. The van der Waals surface area contributed by atoms with Gasteiger partial charge in [-0.25, -0.2) is 4.39 Å². The fourth-order valence-electron chi connectivity index (χ4n) is 2.53. The first kappa shape index (κ1) is 14.9. The lowest BCUT2D eigenvalue weighted by atomic mass is 10.1. The smallest absolute Gasteiger partial charge is 0.268 e. The Labute approximate surface area is 132 Å². The highest BCUT2D eigenvalue weighted by Crippen LogP contribution is 2.41. The zero-order valence-corrected chi connectivity index (χ0v) is 12.4. The van der Waals surface area contributed by atoms with Gasteiger partial charge in [-0.15, -0.1) is 0 Å². The number of anilines is 2. The maximum Gasteiger partial charge on any atom is 0.268 e. The quantitative estimate of drug-likeness (QED) is 0.865. The largest absolute Gasteiger partial charge is 0.476 e. The number of nitrogens with zero attached hydrogens (tertiary/aromatic N) is 2. The van der Waals surface area contributed by atoms with Gasteiger partial charge in [0.1, 0.15) is 6.07 Å². The highest BCUT2D eigenvalue weighted by atomic mass is 19.1. The number of fused-ring (bicyclic) bond motifs is 1. The molecule has 0 bridgehead atoms. The monoisotopic (exact) mass is 311 g/mol. The van der Waals surface area contributed by atoms with Crippen LogP contribution in [0.3, 0.4) is 0 Å². The summed E-state index contributed by atoms with van der Waals surface area (Å²) >= 11 is 0. The Morgan fingerprint density at radius 1 is 1.39 bits per heavy atom. The van der Waals surface area contributed by atoms with Crippen LogP contribution in [0.2, 0.25) is 0 Å². The predicted octanol–water partition coefficient (Wildman–Crippen LogP) is 2.59. The van der Waals surface area contributed by atoms with E-state index in [0.29, 0.717) is 0 Å². The molecule has 1 heterocycles. The van der Waals surface area contributed by atoms with Crippen molar-refractivity contribution in [3.8, 4) is 11.8 Å². The molecule has 23 heavy (non-hydrogen) atoms. The summed E-state index contributed by atoms with van der Waals surface area (Å²) in [5, 5.41) is 9.10. The molecule has 0 saturated carbocycles. The summed E-state index contributed by atoms with van der Waals surface area (Å²) in [5.74, 6) is -1.20. The van der Waals surface area contributed by atoms with Crippen LogP contribution in [0.5, 0.6) is 5.75 Å². The van der Waals surface area contributed by atoms with Crippen molar-refractivity contribution in [1.29, 1.82) is 5.26 Å². The molecule has 5 nitrogen and oxygen atoms in total. The molecule has 0 radical (unpaired) electrons. The minimum absolute atomic E-state index is 0.0229. The molecule has 0 aliphatic carbocycles. The van der Waals surface area contributed by atoms with Gasteiger partial charge in [0.2, 0.25) is 0 Å². The molecule has 1 aliphatic heterocycles. The molecule has 0 aromatic heterocycles. The molecular formula is C17H14FN3O2. The molecular weight excluding hydrogens is 297 g/mol. The molecule has 2 aromatic rings. The Hall–Kier alpha value is -3.07. The molecule has 3 rings (SSSR count). The van der Waals surface area contributed by atoms with Crippen LogP contribution in [0.4, 0.5) is 15.8 Å². The second-order valence-electron chi connectivity index (χ2n) is 5.28. The van der Waals surface area contributed by atoms with Crippen LogP contribution in [0.15, 0.2) is 36.4 Å². The average molecular weight is 311 g/mol. The predicted molar refractivity (Wildman–Crippen MR) is 83.2 cm³/mol. The summed E-state index contributed by atoms with van der Waals surface area (Å²) in [7, 11) is 0. The minimum atomic E-state index is -0.826. The number of rotatable bonds is 2. The van der Waals surface area contributed by atoms with Crippen LogP contribution in [0.25, 0.3) is 0 Å². The summed E-state index contributed by atoms with van der Waals surface area (Å²) in [6, 6.07) is 12.5. The number of amides is 1. The van der Waals surface area contributed by atoms with E-state index in [0.717, 1.165) is 5.56 Å². The number of carbonyl (C=O) groups is 1. The Morgan fingerprint density at radius 2 is 2.09 bits per heavy atom. The second kappa shape index (κ2) is 5.61. The summed E-state index contributed by atoms with van der Waals surface area (Å²) in [6.07, 6.45) is -0.826. The first-order valence-electron chi connectivity index (χ1n) is 7.07. The molecule has 2 aromatic carbocycles. The molecule has 6 heteroatoms. The molecule has 1 amide bonds. The molecule has 0 spiro atoms. The Bertz CT molecular complexity index is 815. The molecule has 0 saturated heterocycles. The van der Waals surface area contributed by atoms with Gasteiger partial charge in [-0.05, 0) is 18.6 Å². The van der Waals surface area contributed by atoms with E-state index in [9.17, 15) is 9.18 Å². The number of halogens is 1. The topological polar surface area (TPSA) is 79.3 Å². The summed E-state index contributed by atoms with van der Waals surface area (Å²) in [6.45, 7) is 1.81. The molecule has 0 unspecified atom stereocenters. The molecule has 1 aliphatic rings. The van der Waals surface area contributed by atoms with Gasteiger partial charge in [0.25, 0.3) is 5.91 Å². The van der Waals surface area contributed by atoms with Gasteiger partial charge >= 0.3 is 0 Å².